The molecule has 6 nitrogen and oxygen atoms in total. The highest BCUT2D eigenvalue weighted by atomic mass is 15.2. The van der Waals surface area contributed by atoms with E-state index in [2.05, 4.69) is 384 Å². The lowest BCUT2D eigenvalue weighted by Gasteiger charge is -2.46. The molecule has 0 bridgehead atoms. The van der Waals surface area contributed by atoms with Gasteiger partial charge in [0.05, 0.1) is 36.1 Å². The van der Waals surface area contributed by atoms with Gasteiger partial charge in [-0.3, -0.25) is 0 Å². The summed E-state index contributed by atoms with van der Waals surface area (Å²) < 4.78 is 96.1. The van der Waals surface area contributed by atoms with Crippen LogP contribution in [-0.2, 0) is 37.9 Å². The standard InChI is InChI=1S/C115H113BN6/c1-109(2,3)82-49-55-98-92(67-82)93-68-83(110(4,5)6)50-56-99(93)120(98)89-51-53-96-101(71-89)121(97-54-48-77(72-37-27-22-28-38-72)61-90(97)73-39-29-23-30-40-73)102-63-81(80-59-86(113(13,14)15)66-87(60-80)114(16,17)18)64-103-104(102)116(96)95-52-47-78(79-57-84(111(7,8)9)65-85(58-79)112(10,11)12)62-100(95)122(103)105-91(74-41-31-24-32-42-74)69-88(115(19,20)21)70-94(105)108-118-106(75-43-33-25-34-44-75)117-107(119-108)76-45-35-26-36-46-76/h22-71H,1-21H3/i25D,26D,33D,34D,35D,36D,43D,44D,45D,46D. The molecule has 0 saturated heterocycles. The van der Waals surface area contributed by atoms with Crippen LogP contribution < -0.4 is 26.2 Å². The topological polar surface area (TPSA) is 50.1 Å². The van der Waals surface area contributed by atoms with Gasteiger partial charge in [0.15, 0.2) is 17.5 Å². The molecule has 0 radical (unpaired) electrons. The fourth-order valence-electron chi connectivity index (χ4n) is 17.7. The minimum atomic E-state index is -0.643. The average molecular weight is 1600 g/mol. The molecule has 0 fully saturated rings. The minimum absolute atomic E-state index is 0.0722. The predicted molar refractivity (Wildman–Crippen MR) is 523 cm³/mol. The second-order valence-electron chi connectivity index (χ2n) is 40.8. The van der Waals surface area contributed by atoms with E-state index in [-0.39, 0.29) is 61.1 Å². The number of anilines is 6. The Morgan fingerprint density at radius 3 is 1.11 bits per heavy atom. The molecule has 2 aliphatic heterocycles. The molecule has 0 spiro atoms. The van der Waals surface area contributed by atoms with E-state index in [1.807, 2.05) is 18.2 Å². The molecule has 0 amide bonds. The largest absolute Gasteiger partial charge is 0.311 e. The molecule has 7 heteroatoms. The van der Waals surface area contributed by atoms with Crippen molar-refractivity contribution in [1.29, 1.82) is 0 Å². The predicted octanol–water partition coefficient (Wildman–Crippen LogP) is 29.5. The van der Waals surface area contributed by atoms with Gasteiger partial charge in [-0.15, -0.1) is 0 Å². The Balaban J connectivity index is 1.07. The van der Waals surface area contributed by atoms with E-state index in [9.17, 15) is 11.0 Å². The lowest BCUT2D eigenvalue weighted by Crippen LogP contribution is -2.61. The van der Waals surface area contributed by atoms with E-state index in [0.717, 1.165) is 134 Å². The lowest BCUT2D eigenvalue weighted by molar-refractivity contribution is 0.568. The van der Waals surface area contributed by atoms with Crippen molar-refractivity contribution in [2.24, 2.45) is 0 Å². The second kappa shape index (κ2) is 29.7. The maximum Gasteiger partial charge on any atom is 0.252 e. The van der Waals surface area contributed by atoms with Crippen molar-refractivity contribution < 1.29 is 13.7 Å². The maximum atomic E-state index is 9.73. The van der Waals surface area contributed by atoms with Gasteiger partial charge in [0.1, 0.15) is 0 Å². The fraction of sp³-hybridized carbons (Fsp3) is 0.243. The van der Waals surface area contributed by atoms with Gasteiger partial charge in [0, 0.05) is 67.0 Å². The molecule has 0 unspecified atom stereocenters. The number of hydrogen-bond acceptors (Lipinski definition) is 5. The maximum absolute atomic E-state index is 9.73. The van der Waals surface area contributed by atoms with Gasteiger partial charge < -0.3 is 14.4 Å². The number of hydrogen-bond donors (Lipinski definition) is 0. The van der Waals surface area contributed by atoms with Crippen LogP contribution in [0.15, 0.2) is 303 Å². The monoisotopic (exact) mass is 1600 g/mol. The van der Waals surface area contributed by atoms with E-state index in [1.54, 1.807) is 0 Å². The summed E-state index contributed by atoms with van der Waals surface area (Å²) >= 11 is 0. The van der Waals surface area contributed by atoms with Crippen molar-refractivity contribution in [3.05, 3.63) is 342 Å². The Kier molecular flexibility index (Phi) is 16.9. The van der Waals surface area contributed by atoms with Crippen molar-refractivity contribution in [3.8, 4) is 95.5 Å². The van der Waals surface area contributed by atoms with Crippen molar-refractivity contribution in [1.82, 2.24) is 19.5 Å². The van der Waals surface area contributed by atoms with Crippen LogP contribution in [0.5, 0.6) is 0 Å². The van der Waals surface area contributed by atoms with Crippen LogP contribution in [0.25, 0.3) is 117 Å². The third-order valence-corrected chi connectivity index (χ3v) is 24.8. The van der Waals surface area contributed by atoms with Gasteiger partial charge in [-0.1, -0.05) is 370 Å². The van der Waals surface area contributed by atoms with Gasteiger partial charge in [-0.05, 0) is 217 Å². The summed E-state index contributed by atoms with van der Waals surface area (Å²) in [6, 6.07) is 83.9. The van der Waals surface area contributed by atoms with Crippen LogP contribution in [0, 0.1) is 0 Å². The first-order valence-corrected chi connectivity index (χ1v) is 42.9. The minimum Gasteiger partial charge on any atom is -0.311 e. The van der Waals surface area contributed by atoms with Crippen LogP contribution >= 0.6 is 0 Å². The quantitative estimate of drug-likeness (QED) is 0.121. The van der Waals surface area contributed by atoms with Crippen molar-refractivity contribution in [2.45, 2.75) is 183 Å². The Morgan fingerprint density at radius 2 is 0.631 bits per heavy atom. The SMILES string of the molecule is [2H]c1c([2H])c([2H])c(-c2nc(-c3cc(C(C)(C)C)cc(-c4ccccc4)c3N3c4cc(-c5cc(C(C)(C)C)cc(C(C)(C)C)c5)ccc4B4c5ccc(-n6c7ccc(C(C)(C)C)cc7c7cc(C(C)(C)C)ccc76)cc5N(c5ccc(-c6ccccc6)cc5-c5ccccc5)c5cc(-c6cc(C(C)(C)C)cc(C(C)(C)C)c6)cc3c54)nc(-c3c([2H])c([2H])c([2H])c([2H])c3[2H])n2)c([2H])c1[2H]. The second-order valence-corrected chi connectivity index (χ2v) is 40.8. The molecule has 0 atom stereocenters. The first-order valence-electron chi connectivity index (χ1n) is 47.9. The summed E-state index contributed by atoms with van der Waals surface area (Å²) in [7, 11) is 0. The first kappa shape index (κ1) is 69.2. The highest BCUT2D eigenvalue weighted by Crippen LogP contribution is 2.55. The summed E-state index contributed by atoms with van der Waals surface area (Å²) in [5.41, 5.74) is 26.1. The molecule has 2 aromatic heterocycles. The molecule has 16 aromatic rings. The van der Waals surface area contributed by atoms with Crippen molar-refractivity contribution in [2.75, 3.05) is 9.80 Å². The molecular formula is C115H113BN6. The van der Waals surface area contributed by atoms with Crippen molar-refractivity contribution in [3.63, 3.8) is 0 Å². The van der Waals surface area contributed by atoms with Gasteiger partial charge >= 0.3 is 0 Å². The third kappa shape index (κ3) is 14.9. The smallest absolute Gasteiger partial charge is 0.252 e. The zero-order valence-electron chi connectivity index (χ0n) is 84.4. The van der Waals surface area contributed by atoms with Crippen LogP contribution in [0.1, 0.15) is 198 Å². The Labute approximate surface area is 738 Å². The van der Waals surface area contributed by atoms with E-state index >= 15 is 0 Å². The fourth-order valence-corrected chi connectivity index (χ4v) is 17.7. The summed E-state index contributed by atoms with van der Waals surface area (Å²) in [6.45, 7) is 46.9. The molecule has 606 valence electrons. The van der Waals surface area contributed by atoms with Gasteiger partial charge in [0.2, 0.25) is 0 Å². The van der Waals surface area contributed by atoms with Crippen LogP contribution in [-0.4, -0.2) is 26.2 Å². The first-order chi connectivity index (χ1) is 62.0. The van der Waals surface area contributed by atoms with E-state index in [4.69, 9.17) is 17.7 Å². The number of fused-ring (bicyclic) bond motifs is 7. The molecular weight excluding hydrogens is 1480 g/mol. The van der Waals surface area contributed by atoms with Gasteiger partial charge in [-0.2, -0.15) is 0 Å². The summed E-state index contributed by atoms with van der Waals surface area (Å²) in [6.07, 6.45) is 0. The molecule has 14 aromatic carbocycles. The van der Waals surface area contributed by atoms with Gasteiger partial charge in [-0.25, -0.2) is 15.0 Å². The number of nitrogens with zero attached hydrogens (tertiary/aromatic N) is 6. The summed E-state index contributed by atoms with van der Waals surface area (Å²) in [5.74, 6) is -0.824. The van der Waals surface area contributed by atoms with E-state index < -0.39 is 72.6 Å². The molecule has 0 aliphatic carbocycles. The Hall–Kier alpha value is -12.4. The molecule has 18 rings (SSSR count). The molecule has 2 aliphatic rings. The highest BCUT2D eigenvalue weighted by molar-refractivity contribution is 7.00. The van der Waals surface area contributed by atoms with Crippen molar-refractivity contribution >= 4 is 79.0 Å². The lowest BCUT2D eigenvalue weighted by atomic mass is 9.33. The van der Waals surface area contributed by atoms with E-state index in [0.29, 0.717) is 11.3 Å². The average Bonchev–Trinajstić information content (AvgIpc) is 0.687. The van der Waals surface area contributed by atoms with E-state index in [1.165, 1.54) is 33.0 Å². The molecule has 0 N–H and O–H groups in total. The van der Waals surface area contributed by atoms with Crippen LogP contribution in [0.3, 0.4) is 0 Å². The summed E-state index contributed by atoms with van der Waals surface area (Å²) in [4.78, 5) is 20.9. The molecule has 0 saturated carbocycles. The molecule has 4 heterocycles. The summed E-state index contributed by atoms with van der Waals surface area (Å²) in [5, 5.41) is 2.34. The number of rotatable bonds is 11. The van der Waals surface area contributed by atoms with Gasteiger partial charge in [0.25, 0.3) is 6.71 Å². The highest BCUT2D eigenvalue weighted by Gasteiger charge is 2.46. The Morgan fingerprint density at radius 1 is 0.254 bits per heavy atom. The normalized spacial score (nSPS) is 14.4. The number of benzene rings is 14. The molecule has 122 heavy (non-hydrogen) atoms. The zero-order valence-corrected chi connectivity index (χ0v) is 74.4. The number of aromatic nitrogens is 4. The Bertz CT molecular complexity index is 7150. The zero-order chi connectivity index (χ0) is 94.4. The van der Waals surface area contributed by atoms with Crippen LogP contribution in [0.4, 0.5) is 34.1 Å². The third-order valence-electron chi connectivity index (χ3n) is 24.8. The van der Waals surface area contributed by atoms with Crippen LogP contribution in [0.2, 0.25) is 0 Å².